The van der Waals surface area contributed by atoms with E-state index in [0.29, 0.717) is 18.1 Å². The van der Waals surface area contributed by atoms with Gasteiger partial charge < -0.3 is 15.5 Å². The second-order valence-electron chi connectivity index (χ2n) is 6.27. The quantitative estimate of drug-likeness (QED) is 0.770. The molecule has 2 atom stereocenters. The zero-order valence-electron chi connectivity index (χ0n) is 12.5. The van der Waals surface area contributed by atoms with Crippen molar-refractivity contribution < 1.29 is 4.79 Å². The van der Waals surface area contributed by atoms with Gasteiger partial charge in [0.15, 0.2) is 0 Å². The van der Waals surface area contributed by atoms with E-state index in [0.717, 1.165) is 45.3 Å². The molecule has 19 heavy (non-hydrogen) atoms. The maximum atomic E-state index is 11.9. The molecule has 2 amide bonds. The summed E-state index contributed by atoms with van der Waals surface area (Å²) in [6, 6.07) is 1.74. The summed E-state index contributed by atoms with van der Waals surface area (Å²) >= 11 is 0. The van der Waals surface area contributed by atoms with Crippen molar-refractivity contribution in [1.29, 1.82) is 0 Å². The summed E-state index contributed by atoms with van der Waals surface area (Å²) in [5.74, 6) is 0. The number of nitrogens with zero attached hydrogens (tertiary/aromatic N) is 3. The van der Waals surface area contributed by atoms with Crippen molar-refractivity contribution in [2.75, 3.05) is 33.7 Å². The van der Waals surface area contributed by atoms with Crippen LogP contribution in [0.2, 0.25) is 0 Å². The predicted octanol–water partition coefficient (Wildman–Crippen LogP) is 0.944. The predicted molar refractivity (Wildman–Crippen MR) is 77.1 cm³/mol. The molecule has 2 fully saturated rings. The normalized spacial score (nSPS) is 30.4. The van der Waals surface area contributed by atoms with Gasteiger partial charge in [0.1, 0.15) is 0 Å². The Morgan fingerprint density at radius 3 is 2.32 bits per heavy atom. The lowest BCUT2D eigenvalue weighted by atomic mass is 9.93. The highest BCUT2D eigenvalue weighted by Crippen LogP contribution is 2.25. The number of urea groups is 1. The Kier molecular flexibility index (Phi) is 4.68. The van der Waals surface area contributed by atoms with Crippen LogP contribution < -0.4 is 5.73 Å². The number of rotatable bonds is 1. The number of carbonyl (C=O) groups is 1. The van der Waals surface area contributed by atoms with Crippen molar-refractivity contribution in [3.05, 3.63) is 0 Å². The largest absolute Gasteiger partial charge is 0.331 e. The van der Waals surface area contributed by atoms with Gasteiger partial charge in [-0.2, -0.15) is 0 Å². The molecule has 2 saturated heterocycles. The van der Waals surface area contributed by atoms with Gasteiger partial charge in [0, 0.05) is 51.9 Å². The molecule has 2 aliphatic heterocycles. The molecule has 0 aliphatic carbocycles. The second kappa shape index (κ2) is 6.09. The minimum atomic E-state index is 0.146. The molecule has 0 spiro atoms. The Balaban J connectivity index is 1.84. The third kappa shape index (κ3) is 3.39. The number of likely N-dealkylation sites (tertiary alicyclic amines) is 2. The zero-order chi connectivity index (χ0) is 14.0. The first-order valence-corrected chi connectivity index (χ1v) is 7.46. The van der Waals surface area contributed by atoms with E-state index in [9.17, 15) is 4.79 Å². The van der Waals surface area contributed by atoms with Crippen LogP contribution in [0.4, 0.5) is 4.79 Å². The molecule has 0 radical (unpaired) electrons. The monoisotopic (exact) mass is 268 g/mol. The van der Waals surface area contributed by atoms with E-state index in [4.69, 9.17) is 5.73 Å². The van der Waals surface area contributed by atoms with Crippen LogP contribution in [0, 0.1) is 0 Å². The van der Waals surface area contributed by atoms with Crippen molar-refractivity contribution in [3.8, 4) is 0 Å². The number of hydrogen-bond acceptors (Lipinski definition) is 3. The van der Waals surface area contributed by atoms with Gasteiger partial charge in [-0.3, -0.25) is 4.90 Å². The van der Waals surface area contributed by atoms with Crippen molar-refractivity contribution in [3.63, 3.8) is 0 Å². The Morgan fingerprint density at radius 1 is 1.16 bits per heavy atom. The highest BCUT2D eigenvalue weighted by Gasteiger charge is 2.32. The second-order valence-corrected chi connectivity index (χ2v) is 6.27. The molecule has 2 N–H and O–H groups in total. The zero-order valence-corrected chi connectivity index (χ0v) is 12.5. The van der Waals surface area contributed by atoms with E-state index in [2.05, 4.69) is 11.8 Å². The van der Waals surface area contributed by atoms with Crippen LogP contribution in [0.25, 0.3) is 0 Å². The van der Waals surface area contributed by atoms with E-state index in [-0.39, 0.29) is 6.03 Å². The summed E-state index contributed by atoms with van der Waals surface area (Å²) < 4.78 is 0. The Bertz CT molecular complexity index is 313. The number of nitrogens with two attached hydrogens (primary N) is 1. The fourth-order valence-corrected chi connectivity index (χ4v) is 3.44. The van der Waals surface area contributed by atoms with Crippen molar-refractivity contribution >= 4 is 6.03 Å². The molecule has 110 valence electrons. The standard InChI is InChI=1S/C14H28N4O/c1-11-10-12(15)4-9-18(11)13-5-7-17(8-6-13)14(19)16(2)3/h11-13H,4-10,15H2,1-3H3. The number of carbonyl (C=O) groups excluding carboxylic acids is 1. The molecule has 0 saturated carbocycles. The van der Waals surface area contributed by atoms with Gasteiger partial charge in [0.2, 0.25) is 0 Å². The molecule has 5 nitrogen and oxygen atoms in total. The van der Waals surface area contributed by atoms with Crippen molar-refractivity contribution in [2.45, 2.75) is 50.7 Å². The minimum Gasteiger partial charge on any atom is -0.331 e. The Hall–Kier alpha value is -0.810. The molecule has 0 aromatic heterocycles. The summed E-state index contributed by atoms with van der Waals surface area (Å²) in [5, 5.41) is 0. The lowest BCUT2D eigenvalue weighted by molar-refractivity contribution is 0.0560. The molecule has 2 heterocycles. The average Bonchev–Trinajstić information content (AvgIpc) is 2.38. The molecule has 2 rings (SSSR count). The maximum absolute atomic E-state index is 11.9. The highest BCUT2D eigenvalue weighted by atomic mass is 16.2. The molecule has 2 aliphatic rings. The summed E-state index contributed by atoms with van der Waals surface area (Å²) in [6.45, 7) is 5.18. The SMILES string of the molecule is CC1CC(N)CCN1C1CCN(C(=O)N(C)C)CC1. The van der Waals surface area contributed by atoms with E-state index < -0.39 is 0 Å². The van der Waals surface area contributed by atoms with Gasteiger partial charge in [-0.15, -0.1) is 0 Å². The van der Waals surface area contributed by atoms with Crippen LogP contribution in [-0.2, 0) is 0 Å². The van der Waals surface area contributed by atoms with Crippen LogP contribution in [-0.4, -0.2) is 72.6 Å². The molecule has 5 heteroatoms. The summed E-state index contributed by atoms with van der Waals surface area (Å²) in [4.78, 5) is 18.2. The van der Waals surface area contributed by atoms with Gasteiger partial charge in [0.25, 0.3) is 0 Å². The molecule has 2 unspecified atom stereocenters. The molecular formula is C14H28N4O. The van der Waals surface area contributed by atoms with Crippen molar-refractivity contribution in [2.24, 2.45) is 5.73 Å². The van der Waals surface area contributed by atoms with Gasteiger partial charge in [-0.25, -0.2) is 4.79 Å². The fraction of sp³-hybridized carbons (Fsp3) is 0.929. The van der Waals surface area contributed by atoms with Gasteiger partial charge >= 0.3 is 6.03 Å². The smallest absolute Gasteiger partial charge is 0.319 e. The molecular weight excluding hydrogens is 240 g/mol. The lowest BCUT2D eigenvalue weighted by Crippen LogP contribution is -2.54. The van der Waals surface area contributed by atoms with Crippen LogP contribution in [0.5, 0.6) is 0 Å². The number of piperidine rings is 2. The average molecular weight is 268 g/mol. The lowest BCUT2D eigenvalue weighted by Gasteiger charge is -2.45. The molecule has 0 bridgehead atoms. The minimum absolute atomic E-state index is 0.146. The molecule has 0 aromatic rings. The van der Waals surface area contributed by atoms with Crippen LogP contribution >= 0.6 is 0 Å². The first-order valence-electron chi connectivity index (χ1n) is 7.46. The van der Waals surface area contributed by atoms with Crippen LogP contribution in [0.15, 0.2) is 0 Å². The highest BCUT2D eigenvalue weighted by molar-refractivity contribution is 5.73. The Morgan fingerprint density at radius 2 is 1.79 bits per heavy atom. The third-order valence-electron chi connectivity index (χ3n) is 4.55. The van der Waals surface area contributed by atoms with Crippen LogP contribution in [0.3, 0.4) is 0 Å². The topological polar surface area (TPSA) is 52.8 Å². The van der Waals surface area contributed by atoms with Gasteiger partial charge in [-0.1, -0.05) is 0 Å². The summed E-state index contributed by atoms with van der Waals surface area (Å²) in [6.07, 6.45) is 4.41. The van der Waals surface area contributed by atoms with Gasteiger partial charge in [-0.05, 0) is 32.6 Å². The number of hydrogen-bond donors (Lipinski definition) is 1. The maximum Gasteiger partial charge on any atom is 0.319 e. The van der Waals surface area contributed by atoms with Crippen LogP contribution in [0.1, 0.15) is 32.6 Å². The molecule has 0 aromatic carbocycles. The Labute approximate surface area is 116 Å². The van der Waals surface area contributed by atoms with E-state index >= 15 is 0 Å². The summed E-state index contributed by atoms with van der Waals surface area (Å²) in [7, 11) is 3.64. The summed E-state index contributed by atoms with van der Waals surface area (Å²) in [5.41, 5.74) is 6.03. The van der Waals surface area contributed by atoms with Gasteiger partial charge in [0.05, 0.1) is 0 Å². The first kappa shape index (κ1) is 14.6. The van der Waals surface area contributed by atoms with E-state index in [1.54, 1.807) is 4.90 Å². The number of amides is 2. The fourth-order valence-electron chi connectivity index (χ4n) is 3.44. The first-order chi connectivity index (χ1) is 8.99. The third-order valence-corrected chi connectivity index (χ3v) is 4.55. The van der Waals surface area contributed by atoms with Crippen molar-refractivity contribution in [1.82, 2.24) is 14.7 Å². The van der Waals surface area contributed by atoms with E-state index in [1.165, 1.54) is 0 Å². The van der Waals surface area contributed by atoms with E-state index in [1.807, 2.05) is 19.0 Å².